The van der Waals surface area contributed by atoms with E-state index in [0.29, 0.717) is 12.8 Å². The number of carbonyl (C=O) groups excluding carboxylic acids is 2. The summed E-state index contributed by atoms with van der Waals surface area (Å²) < 4.78 is 26.7. The highest BCUT2D eigenvalue weighted by Crippen LogP contribution is 2.43. The van der Waals surface area contributed by atoms with Crippen LogP contribution in [0.2, 0.25) is 0 Å². The highest BCUT2D eigenvalue weighted by molar-refractivity contribution is 7.47. The Morgan fingerprint density at radius 2 is 1.04 bits per heavy atom. The van der Waals surface area contributed by atoms with E-state index in [9.17, 15) is 34.1 Å². The molecule has 0 aromatic rings. The van der Waals surface area contributed by atoms with Crippen molar-refractivity contribution in [1.82, 2.24) is 5.32 Å². The summed E-state index contributed by atoms with van der Waals surface area (Å²) >= 11 is 0. The number of phosphoric ester groups is 1. The summed E-state index contributed by atoms with van der Waals surface area (Å²) in [5, 5.41) is 21.7. The molecule has 0 spiro atoms. The standard InChI is InChI=1S/C38H70NO10P/c1-3-5-7-9-11-13-15-17-18-19-21-23-25-27-29-36(41)39-35(38(43)44)33-49-50(45,46)48-32-34(40)31-47-37(42)30-28-26-24-22-20-16-14-12-10-8-6-4-2/h12,14-15,17,34-35,40H,3-11,13,16,18-33H2,1-2H3,(H,39,41)(H,43,44)(H,45,46)/b14-12-,17-15-. The number of carbonyl (C=O) groups is 3. The Bertz CT molecular complexity index is 958. The lowest BCUT2D eigenvalue weighted by atomic mass is 10.1. The Labute approximate surface area is 302 Å². The molecule has 0 bridgehead atoms. The molecule has 3 atom stereocenters. The summed E-state index contributed by atoms with van der Waals surface area (Å²) in [6, 6.07) is -1.55. The smallest absolute Gasteiger partial charge is 0.472 e. The first-order chi connectivity index (χ1) is 24.1. The number of nitrogens with one attached hydrogen (secondary N) is 1. The minimum absolute atomic E-state index is 0.136. The van der Waals surface area contributed by atoms with Crippen molar-refractivity contribution in [3.63, 3.8) is 0 Å². The fraction of sp³-hybridized carbons (Fsp3) is 0.816. The molecule has 0 saturated heterocycles. The molecule has 11 nitrogen and oxygen atoms in total. The molecule has 0 aromatic heterocycles. The van der Waals surface area contributed by atoms with Crippen LogP contribution in [-0.2, 0) is 32.7 Å². The first-order valence-corrected chi connectivity index (χ1v) is 20.9. The van der Waals surface area contributed by atoms with E-state index in [4.69, 9.17) is 13.8 Å². The number of hydrogen-bond donors (Lipinski definition) is 4. The van der Waals surface area contributed by atoms with Crippen molar-refractivity contribution in [3.8, 4) is 0 Å². The van der Waals surface area contributed by atoms with Crippen LogP contribution in [0.4, 0.5) is 0 Å². The molecular weight excluding hydrogens is 661 g/mol. The molecule has 292 valence electrons. The number of carboxylic acid groups (broad SMARTS) is 1. The number of aliphatic carboxylic acids is 1. The summed E-state index contributed by atoms with van der Waals surface area (Å²) in [6.07, 6.45) is 32.1. The zero-order valence-electron chi connectivity index (χ0n) is 31.2. The van der Waals surface area contributed by atoms with E-state index in [1.165, 1.54) is 51.4 Å². The number of hydrogen-bond acceptors (Lipinski definition) is 8. The maximum absolute atomic E-state index is 12.2. The molecule has 0 aliphatic carbocycles. The molecule has 0 fully saturated rings. The Morgan fingerprint density at radius 3 is 1.56 bits per heavy atom. The molecule has 0 heterocycles. The predicted octanol–water partition coefficient (Wildman–Crippen LogP) is 9.11. The van der Waals surface area contributed by atoms with Crippen molar-refractivity contribution < 1.29 is 47.8 Å². The highest BCUT2D eigenvalue weighted by Gasteiger charge is 2.28. The summed E-state index contributed by atoms with van der Waals surface area (Å²) in [6.45, 7) is 2.52. The minimum atomic E-state index is -4.75. The van der Waals surface area contributed by atoms with E-state index >= 15 is 0 Å². The molecule has 0 saturated carbocycles. The normalized spacial score (nSPS) is 14.2. The number of amides is 1. The molecule has 0 aromatic carbocycles. The van der Waals surface area contributed by atoms with Gasteiger partial charge in [0, 0.05) is 12.8 Å². The molecule has 1 amide bonds. The second kappa shape index (κ2) is 34.1. The zero-order chi connectivity index (χ0) is 37.1. The molecule has 0 aliphatic heterocycles. The fourth-order valence-electron chi connectivity index (χ4n) is 5.13. The summed E-state index contributed by atoms with van der Waals surface area (Å²) in [7, 11) is -4.75. The molecular formula is C38H70NO10P. The minimum Gasteiger partial charge on any atom is -0.480 e. The van der Waals surface area contributed by atoms with Gasteiger partial charge in [-0.15, -0.1) is 0 Å². The van der Waals surface area contributed by atoms with Crippen LogP contribution in [-0.4, -0.2) is 64.9 Å². The Balaban J connectivity index is 3.99. The second-order valence-electron chi connectivity index (χ2n) is 13.1. The van der Waals surface area contributed by atoms with Crippen LogP contribution in [0.3, 0.4) is 0 Å². The maximum atomic E-state index is 12.2. The third-order valence-corrected chi connectivity index (χ3v) is 9.16. The largest absolute Gasteiger partial charge is 0.480 e. The van der Waals surface area contributed by atoms with Gasteiger partial charge < -0.3 is 25.2 Å². The molecule has 0 aliphatic rings. The lowest BCUT2D eigenvalue weighted by molar-refractivity contribution is -0.147. The molecule has 50 heavy (non-hydrogen) atoms. The number of aliphatic hydroxyl groups is 1. The molecule has 4 N–H and O–H groups in total. The monoisotopic (exact) mass is 731 g/mol. The first-order valence-electron chi connectivity index (χ1n) is 19.4. The Morgan fingerprint density at radius 1 is 0.620 bits per heavy atom. The van der Waals surface area contributed by atoms with Crippen LogP contribution in [0.15, 0.2) is 24.3 Å². The number of ether oxygens (including phenoxy) is 1. The zero-order valence-corrected chi connectivity index (χ0v) is 32.1. The van der Waals surface area contributed by atoms with Crippen LogP contribution in [0.5, 0.6) is 0 Å². The topological polar surface area (TPSA) is 169 Å². The van der Waals surface area contributed by atoms with E-state index < -0.39 is 57.6 Å². The summed E-state index contributed by atoms with van der Waals surface area (Å²) in [4.78, 5) is 45.7. The highest BCUT2D eigenvalue weighted by atomic mass is 31.2. The van der Waals surface area contributed by atoms with Crippen molar-refractivity contribution >= 4 is 25.7 Å². The quantitative estimate of drug-likeness (QED) is 0.0211. The number of phosphoric acid groups is 1. The lowest BCUT2D eigenvalue weighted by Crippen LogP contribution is -2.43. The van der Waals surface area contributed by atoms with Gasteiger partial charge in [-0.05, 0) is 64.2 Å². The first kappa shape index (κ1) is 48.0. The van der Waals surface area contributed by atoms with Gasteiger partial charge in [-0.25, -0.2) is 9.36 Å². The van der Waals surface area contributed by atoms with Crippen molar-refractivity contribution in [2.75, 3.05) is 19.8 Å². The number of rotatable bonds is 36. The van der Waals surface area contributed by atoms with Crippen molar-refractivity contribution in [2.24, 2.45) is 0 Å². The average molecular weight is 732 g/mol. The average Bonchev–Trinajstić information content (AvgIpc) is 3.08. The van der Waals surface area contributed by atoms with Crippen molar-refractivity contribution in [2.45, 2.75) is 180 Å². The molecule has 3 unspecified atom stereocenters. The number of esters is 1. The van der Waals surface area contributed by atoms with Gasteiger partial charge in [0.05, 0.1) is 13.2 Å². The number of unbranched alkanes of at least 4 members (excludes halogenated alkanes) is 18. The van der Waals surface area contributed by atoms with Gasteiger partial charge in [0.2, 0.25) is 5.91 Å². The van der Waals surface area contributed by atoms with E-state index in [0.717, 1.165) is 77.0 Å². The van der Waals surface area contributed by atoms with Gasteiger partial charge in [0.15, 0.2) is 6.04 Å². The van der Waals surface area contributed by atoms with Crippen LogP contribution in [0, 0.1) is 0 Å². The van der Waals surface area contributed by atoms with Crippen LogP contribution in [0.25, 0.3) is 0 Å². The Kier molecular flexibility index (Phi) is 32.7. The van der Waals surface area contributed by atoms with E-state index in [1.54, 1.807) is 0 Å². The van der Waals surface area contributed by atoms with Gasteiger partial charge in [0.25, 0.3) is 0 Å². The van der Waals surface area contributed by atoms with Gasteiger partial charge in [-0.2, -0.15) is 0 Å². The lowest BCUT2D eigenvalue weighted by Gasteiger charge is -2.18. The third-order valence-electron chi connectivity index (χ3n) is 8.21. The van der Waals surface area contributed by atoms with Crippen molar-refractivity contribution in [3.05, 3.63) is 24.3 Å². The number of allylic oxidation sites excluding steroid dienone is 4. The molecule has 0 rings (SSSR count). The van der Waals surface area contributed by atoms with Gasteiger partial charge in [-0.3, -0.25) is 18.6 Å². The maximum Gasteiger partial charge on any atom is 0.472 e. The van der Waals surface area contributed by atoms with Crippen LogP contribution in [0.1, 0.15) is 168 Å². The van der Waals surface area contributed by atoms with Crippen LogP contribution >= 0.6 is 7.82 Å². The van der Waals surface area contributed by atoms with Crippen molar-refractivity contribution in [1.29, 1.82) is 0 Å². The van der Waals surface area contributed by atoms with Gasteiger partial charge in [0.1, 0.15) is 12.7 Å². The number of carboxylic acids is 1. The molecule has 0 radical (unpaired) electrons. The fourth-order valence-corrected chi connectivity index (χ4v) is 5.90. The van der Waals surface area contributed by atoms with Gasteiger partial charge >= 0.3 is 19.8 Å². The third kappa shape index (κ3) is 33.1. The summed E-state index contributed by atoms with van der Waals surface area (Å²) in [5.74, 6) is -2.40. The van der Waals surface area contributed by atoms with E-state index in [2.05, 4.69) is 43.5 Å². The van der Waals surface area contributed by atoms with E-state index in [1.807, 2.05) is 0 Å². The predicted molar refractivity (Wildman–Crippen MR) is 199 cm³/mol. The SMILES string of the molecule is CCCCC/C=C\CCCCCCCC(=O)OCC(O)COP(=O)(O)OCC(NC(=O)CCCCCCC/C=C\CCCCCCC)C(=O)O. The summed E-state index contributed by atoms with van der Waals surface area (Å²) in [5.41, 5.74) is 0. The second-order valence-corrected chi connectivity index (χ2v) is 14.6. The Hall–Kier alpha value is -2.04. The van der Waals surface area contributed by atoms with Crippen LogP contribution < -0.4 is 5.32 Å². The van der Waals surface area contributed by atoms with E-state index in [-0.39, 0.29) is 12.8 Å². The van der Waals surface area contributed by atoms with Gasteiger partial charge in [-0.1, -0.05) is 115 Å². The molecule has 12 heteroatoms. The number of aliphatic hydroxyl groups excluding tert-OH is 1.